The molecule has 1 aromatic heterocycles. The summed E-state index contributed by atoms with van der Waals surface area (Å²) in [6.07, 6.45) is 0.400. The number of hydrogen-bond donors (Lipinski definition) is 3. The average Bonchev–Trinajstić information content (AvgIpc) is 3.72. The summed E-state index contributed by atoms with van der Waals surface area (Å²) in [6, 6.07) is 24.2. The predicted molar refractivity (Wildman–Crippen MR) is 203 cm³/mol. The maximum atomic E-state index is 14.2. The van der Waals surface area contributed by atoms with E-state index in [4.69, 9.17) is 19.2 Å². The van der Waals surface area contributed by atoms with Crippen molar-refractivity contribution in [2.75, 3.05) is 20.2 Å². The van der Waals surface area contributed by atoms with E-state index in [2.05, 4.69) is 21.9 Å². The summed E-state index contributed by atoms with van der Waals surface area (Å²) in [4.78, 5) is 60.6. The molecule has 2 heterocycles. The lowest BCUT2D eigenvalue weighted by molar-refractivity contribution is -0.139. The molecule has 1 unspecified atom stereocenters. The fraction of sp³-hybridized carbons (Fsp3) is 0.325. The van der Waals surface area contributed by atoms with Gasteiger partial charge in [0.05, 0.1) is 24.9 Å². The molecule has 1 saturated carbocycles. The van der Waals surface area contributed by atoms with Gasteiger partial charge in [0, 0.05) is 35.4 Å². The number of carbonyl (C=O) groups excluding carboxylic acids is 4. The minimum atomic E-state index is -1.88. The Balaban J connectivity index is 1.27. The van der Waals surface area contributed by atoms with Crippen molar-refractivity contribution in [2.45, 2.75) is 61.8 Å². The van der Waals surface area contributed by atoms with Crippen molar-refractivity contribution < 1.29 is 37.9 Å². The SMILES string of the molecule is C=C[C@@H]1C[C@]1(NC(=O)[C@@H]1C[C@@H](Oc2cc(-c3ccccc3)nc3cc(OC)ccc23)CN1C(=O)CNC(=O)OC(C)(C)C)C(=O)N[S+]([O-])c1ccccc1. The van der Waals surface area contributed by atoms with Crippen LogP contribution in [0.3, 0.4) is 0 Å². The number of benzene rings is 3. The Morgan fingerprint density at radius 2 is 1.74 bits per heavy atom. The second-order valence-corrected chi connectivity index (χ2v) is 15.4. The van der Waals surface area contributed by atoms with Crippen molar-refractivity contribution in [3.8, 4) is 22.8 Å². The van der Waals surface area contributed by atoms with Gasteiger partial charge in [-0.05, 0) is 51.5 Å². The molecular formula is C40H43N5O8S. The molecule has 0 radical (unpaired) electrons. The van der Waals surface area contributed by atoms with Crippen LogP contribution in [0.25, 0.3) is 22.2 Å². The fourth-order valence-corrected chi connectivity index (χ4v) is 7.30. The summed E-state index contributed by atoms with van der Waals surface area (Å²) in [7, 11) is 1.57. The molecule has 1 aliphatic carbocycles. The van der Waals surface area contributed by atoms with Gasteiger partial charge in [-0.25, -0.2) is 9.78 Å². The number of alkyl carbamates (subject to hydrolysis) is 1. The monoisotopic (exact) mass is 753 g/mol. The third-order valence-electron chi connectivity index (χ3n) is 9.20. The van der Waals surface area contributed by atoms with Crippen LogP contribution in [0.1, 0.15) is 33.6 Å². The number of ether oxygens (including phenoxy) is 3. The molecule has 54 heavy (non-hydrogen) atoms. The normalized spacial score (nSPS) is 21.1. The van der Waals surface area contributed by atoms with Crippen LogP contribution in [-0.2, 0) is 30.5 Å². The van der Waals surface area contributed by atoms with E-state index in [-0.39, 0.29) is 19.4 Å². The molecular weight excluding hydrogens is 711 g/mol. The quantitative estimate of drug-likeness (QED) is 0.137. The summed E-state index contributed by atoms with van der Waals surface area (Å²) >= 11 is -1.88. The molecule has 2 fully saturated rings. The van der Waals surface area contributed by atoms with Gasteiger partial charge < -0.3 is 34.3 Å². The van der Waals surface area contributed by atoms with Crippen LogP contribution < -0.4 is 24.8 Å². The Bertz CT molecular complexity index is 2040. The summed E-state index contributed by atoms with van der Waals surface area (Å²) in [5, 5.41) is 6.04. The van der Waals surface area contributed by atoms with Crippen LogP contribution in [0, 0.1) is 5.92 Å². The Morgan fingerprint density at radius 1 is 1.04 bits per heavy atom. The Labute approximate surface area is 316 Å². The number of carbonyl (C=O) groups is 4. The number of rotatable bonds is 12. The van der Waals surface area contributed by atoms with E-state index in [1.54, 1.807) is 76.4 Å². The lowest BCUT2D eigenvalue weighted by atomic mass is 10.1. The zero-order chi connectivity index (χ0) is 38.6. The first kappa shape index (κ1) is 38.1. The molecule has 282 valence electrons. The van der Waals surface area contributed by atoms with E-state index in [9.17, 15) is 23.7 Å². The molecule has 5 atom stereocenters. The average molecular weight is 754 g/mol. The maximum absolute atomic E-state index is 14.2. The molecule has 14 heteroatoms. The number of pyridine rings is 1. The second kappa shape index (κ2) is 15.8. The van der Waals surface area contributed by atoms with E-state index < -0.39 is 70.9 Å². The molecule has 1 aliphatic heterocycles. The molecule has 13 nitrogen and oxygen atoms in total. The van der Waals surface area contributed by atoms with Gasteiger partial charge in [0.1, 0.15) is 52.7 Å². The third kappa shape index (κ3) is 8.61. The highest BCUT2D eigenvalue weighted by Crippen LogP contribution is 2.45. The summed E-state index contributed by atoms with van der Waals surface area (Å²) < 4.78 is 32.9. The first-order chi connectivity index (χ1) is 25.8. The zero-order valence-electron chi connectivity index (χ0n) is 30.5. The highest BCUT2D eigenvalue weighted by Gasteiger charge is 2.62. The standard InChI is InChI=1S/C40H43N5O8S/c1-6-26-22-40(26,37(48)44-54(50)29-15-11-8-12-16-29)43-36(47)33-20-28(24-45(33)35(46)23-41-38(49)53-39(2,3)4)52-34-21-31(25-13-9-7-10-14-25)42-32-19-27(51-5)17-18-30(32)34/h6-19,21,26,28,33H,1,20,22-24H2,2-5H3,(H,41,49)(H,43,47)(H,44,48)/t26-,28-,33+,40-,54?/m1/s1. The molecule has 0 spiro atoms. The first-order valence-electron chi connectivity index (χ1n) is 17.5. The number of aromatic nitrogens is 1. The lowest BCUT2D eigenvalue weighted by Crippen LogP contribution is -2.57. The molecule has 6 rings (SSSR count). The van der Waals surface area contributed by atoms with Gasteiger partial charge in [-0.1, -0.05) is 54.6 Å². The summed E-state index contributed by atoms with van der Waals surface area (Å²) in [5.74, 6) is -1.13. The number of nitrogens with zero attached hydrogens (tertiary/aromatic N) is 2. The van der Waals surface area contributed by atoms with Gasteiger partial charge in [-0.15, -0.1) is 6.58 Å². The van der Waals surface area contributed by atoms with Gasteiger partial charge in [-0.2, -0.15) is 4.72 Å². The zero-order valence-corrected chi connectivity index (χ0v) is 31.3. The minimum Gasteiger partial charge on any atom is -0.588 e. The number of hydrogen-bond acceptors (Lipinski definition) is 9. The summed E-state index contributed by atoms with van der Waals surface area (Å²) in [6.45, 7) is 8.48. The summed E-state index contributed by atoms with van der Waals surface area (Å²) in [5.41, 5.74) is -0.0748. The lowest BCUT2D eigenvalue weighted by Gasteiger charge is -2.27. The van der Waals surface area contributed by atoms with Gasteiger partial charge in [-0.3, -0.25) is 14.4 Å². The van der Waals surface area contributed by atoms with E-state index >= 15 is 0 Å². The van der Waals surface area contributed by atoms with Gasteiger partial charge >= 0.3 is 6.09 Å². The first-order valence-corrected chi connectivity index (χ1v) is 18.6. The maximum Gasteiger partial charge on any atom is 0.408 e. The Morgan fingerprint density at radius 3 is 2.39 bits per heavy atom. The van der Waals surface area contributed by atoms with E-state index in [1.807, 2.05) is 42.5 Å². The highest BCUT2D eigenvalue weighted by atomic mass is 32.2. The predicted octanol–water partition coefficient (Wildman–Crippen LogP) is 4.68. The minimum absolute atomic E-state index is 0.00430. The van der Waals surface area contributed by atoms with Crippen LogP contribution in [0.2, 0.25) is 0 Å². The molecule has 0 bridgehead atoms. The van der Waals surface area contributed by atoms with Crippen molar-refractivity contribution in [1.29, 1.82) is 0 Å². The van der Waals surface area contributed by atoms with Crippen LogP contribution >= 0.6 is 0 Å². The van der Waals surface area contributed by atoms with Crippen molar-refractivity contribution in [3.63, 3.8) is 0 Å². The van der Waals surface area contributed by atoms with Crippen molar-refractivity contribution in [2.24, 2.45) is 5.92 Å². The van der Waals surface area contributed by atoms with Gasteiger partial charge in [0.15, 0.2) is 4.90 Å². The Kier molecular flexibility index (Phi) is 11.1. The number of nitrogens with one attached hydrogen (secondary N) is 3. The highest BCUT2D eigenvalue weighted by molar-refractivity contribution is 7.90. The molecule has 1 saturated heterocycles. The fourth-order valence-electron chi connectivity index (χ4n) is 6.42. The molecule has 3 N–H and O–H groups in total. The van der Waals surface area contributed by atoms with Crippen LogP contribution in [-0.4, -0.2) is 81.7 Å². The third-order valence-corrected chi connectivity index (χ3v) is 10.3. The molecule has 3 aromatic carbocycles. The van der Waals surface area contributed by atoms with E-state index in [1.165, 1.54) is 4.90 Å². The van der Waals surface area contributed by atoms with E-state index in [0.717, 1.165) is 5.56 Å². The second-order valence-electron chi connectivity index (χ2n) is 14.2. The van der Waals surface area contributed by atoms with Gasteiger partial charge in [0.2, 0.25) is 11.8 Å². The molecule has 4 amide bonds. The van der Waals surface area contributed by atoms with Crippen LogP contribution in [0.5, 0.6) is 11.5 Å². The largest absolute Gasteiger partial charge is 0.588 e. The van der Waals surface area contributed by atoms with Crippen molar-refractivity contribution >= 4 is 46.1 Å². The molecule has 4 aromatic rings. The van der Waals surface area contributed by atoms with E-state index in [0.29, 0.717) is 33.0 Å². The molecule has 2 aliphatic rings. The number of likely N-dealkylation sites (tertiary alicyclic amines) is 1. The topological polar surface area (TPSA) is 171 Å². The van der Waals surface area contributed by atoms with Crippen molar-refractivity contribution in [1.82, 2.24) is 25.2 Å². The van der Waals surface area contributed by atoms with Crippen LogP contribution in [0.4, 0.5) is 4.79 Å². The number of fused-ring (bicyclic) bond motifs is 1. The van der Waals surface area contributed by atoms with Crippen molar-refractivity contribution in [3.05, 3.63) is 97.6 Å². The van der Waals surface area contributed by atoms with Crippen LogP contribution in [0.15, 0.2) is 102 Å². The number of amides is 4. The number of methoxy groups -OCH3 is 1. The Hall–Kier alpha value is -5.60. The van der Waals surface area contributed by atoms with Gasteiger partial charge in [0.25, 0.3) is 5.91 Å². The smallest absolute Gasteiger partial charge is 0.408 e.